The quantitative estimate of drug-likeness (QED) is 0.454. The van der Waals surface area contributed by atoms with E-state index in [1.165, 1.54) is 0 Å². The molecule has 4 rings (SSSR count). The Morgan fingerprint density at radius 3 is 2.48 bits per heavy atom. The Labute approximate surface area is 189 Å². The third kappa shape index (κ3) is 4.87. The molecule has 0 spiro atoms. The van der Waals surface area contributed by atoms with Crippen molar-refractivity contribution in [2.24, 2.45) is 0 Å². The van der Waals surface area contributed by atoms with Crippen LogP contribution in [0.1, 0.15) is 26.5 Å². The van der Waals surface area contributed by atoms with E-state index in [2.05, 4.69) is 10.4 Å². The molecule has 0 bridgehead atoms. The molecule has 4 aromatic rings. The van der Waals surface area contributed by atoms with Gasteiger partial charge in [-0.2, -0.15) is 5.10 Å². The molecule has 9 heteroatoms. The lowest BCUT2D eigenvalue weighted by Gasteiger charge is -2.14. The number of aromatic nitrogens is 3. The summed E-state index contributed by atoms with van der Waals surface area (Å²) in [6.07, 6.45) is 0. The highest BCUT2D eigenvalue weighted by Crippen LogP contribution is 2.26. The van der Waals surface area contributed by atoms with Gasteiger partial charge in [-0.1, -0.05) is 51.1 Å². The summed E-state index contributed by atoms with van der Waals surface area (Å²) < 4.78 is 13.0. The normalized spacial score (nSPS) is 11.5. The lowest BCUT2D eigenvalue weighted by atomic mass is 9.92. The van der Waals surface area contributed by atoms with Gasteiger partial charge < -0.3 is 14.5 Å². The molecule has 9 nitrogen and oxygen atoms in total. The number of nitrogens with one attached hydrogen (secondary N) is 1. The number of oxazole rings is 1. The van der Waals surface area contributed by atoms with Crippen molar-refractivity contribution in [3.8, 4) is 5.69 Å². The first-order valence-electron chi connectivity index (χ1n) is 10.4. The molecule has 170 valence electrons. The van der Waals surface area contributed by atoms with Gasteiger partial charge >= 0.3 is 11.7 Å². The first kappa shape index (κ1) is 22.1. The van der Waals surface area contributed by atoms with Crippen molar-refractivity contribution in [1.29, 1.82) is 0 Å². The summed E-state index contributed by atoms with van der Waals surface area (Å²) in [7, 11) is 0. The van der Waals surface area contributed by atoms with E-state index in [1.54, 1.807) is 35.0 Å². The number of hydrogen-bond donors (Lipinski definition) is 1. The third-order valence-corrected chi connectivity index (χ3v) is 4.97. The monoisotopic (exact) mass is 448 g/mol. The minimum Gasteiger partial charge on any atom is -0.454 e. The number of esters is 1. The molecule has 0 unspecified atom stereocenters. The van der Waals surface area contributed by atoms with Crippen LogP contribution in [-0.2, 0) is 26.3 Å². The van der Waals surface area contributed by atoms with E-state index in [9.17, 15) is 14.4 Å². The average molecular weight is 448 g/mol. The van der Waals surface area contributed by atoms with Crippen molar-refractivity contribution in [3.05, 3.63) is 76.9 Å². The van der Waals surface area contributed by atoms with Crippen LogP contribution >= 0.6 is 0 Å². The van der Waals surface area contributed by atoms with Gasteiger partial charge in [0.1, 0.15) is 12.4 Å². The Bertz CT molecular complexity index is 1360. The van der Waals surface area contributed by atoms with E-state index >= 15 is 0 Å². The smallest absolute Gasteiger partial charge is 0.420 e. The van der Waals surface area contributed by atoms with Gasteiger partial charge in [0.15, 0.2) is 12.2 Å². The van der Waals surface area contributed by atoms with E-state index in [1.807, 2.05) is 51.1 Å². The van der Waals surface area contributed by atoms with Crippen LogP contribution in [0.4, 0.5) is 5.82 Å². The van der Waals surface area contributed by atoms with Crippen LogP contribution in [0.2, 0.25) is 0 Å². The number of anilines is 1. The Morgan fingerprint density at radius 2 is 1.76 bits per heavy atom. The molecule has 0 atom stereocenters. The highest BCUT2D eigenvalue weighted by atomic mass is 16.5. The molecule has 2 aromatic carbocycles. The van der Waals surface area contributed by atoms with Gasteiger partial charge in [-0.15, -0.1) is 0 Å². The minimum absolute atomic E-state index is 0.230. The number of carbonyl (C=O) groups excluding carboxylic acids is 2. The van der Waals surface area contributed by atoms with Crippen LogP contribution < -0.4 is 11.1 Å². The summed E-state index contributed by atoms with van der Waals surface area (Å²) in [6.45, 7) is 5.21. The molecule has 0 aliphatic carbocycles. The van der Waals surface area contributed by atoms with Crippen molar-refractivity contribution in [3.63, 3.8) is 0 Å². The summed E-state index contributed by atoms with van der Waals surface area (Å²) in [4.78, 5) is 36.8. The highest BCUT2D eigenvalue weighted by Gasteiger charge is 2.22. The SMILES string of the molecule is CC(C)(C)c1cc(NC(=O)COC(=O)Cn2c(=O)oc3ccccc32)n(-c2ccccc2)n1. The first-order valence-corrected chi connectivity index (χ1v) is 10.4. The second-order valence-corrected chi connectivity index (χ2v) is 8.54. The molecule has 0 radical (unpaired) electrons. The number of carbonyl (C=O) groups is 2. The van der Waals surface area contributed by atoms with Gasteiger partial charge in [-0.05, 0) is 24.3 Å². The standard InChI is InChI=1S/C24H24N4O5/c1-24(2,3)19-13-20(28(26-19)16-9-5-4-6-10-16)25-21(29)15-32-22(30)14-27-17-11-7-8-12-18(17)33-23(27)31/h4-13H,14-15H2,1-3H3,(H,25,29). The van der Waals surface area contributed by atoms with E-state index in [0.717, 1.165) is 15.9 Å². The van der Waals surface area contributed by atoms with Gasteiger partial charge in [0.25, 0.3) is 5.91 Å². The summed E-state index contributed by atoms with van der Waals surface area (Å²) in [5, 5.41) is 7.39. The molecular formula is C24H24N4O5. The number of ether oxygens (including phenoxy) is 1. The average Bonchev–Trinajstić information content (AvgIpc) is 3.34. The topological polar surface area (TPSA) is 108 Å². The van der Waals surface area contributed by atoms with E-state index < -0.39 is 24.2 Å². The molecule has 0 fully saturated rings. The number of para-hydroxylation sites is 3. The van der Waals surface area contributed by atoms with Crippen LogP contribution in [0.3, 0.4) is 0 Å². The van der Waals surface area contributed by atoms with Crippen molar-refractivity contribution in [1.82, 2.24) is 14.3 Å². The number of rotatable bonds is 6. The molecule has 0 aliphatic heterocycles. The largest absolute Gasteiger partial charge is 0.454 e. The molecule has 2 heterocycles. The summed E-state index contributed by atoms with van der Waals surface area (Å²) in [5.41, 5.74) is 2.20. The Kier molecular flexibility index (Phi) is 5.87. The number of amides is 1. The van der Waals surface area contributed by atoms with Crippen molar-refractivity contribution >= 4 is 28.8 Å². The van der Waals surface area contributed by atoms with Crippen LogP contribution in [0.5, 0.6) is 0 Å². The maximum atomic E-state index is 12.5. The fourth-order valence-corrected chi connectivity index (χ4v) is 3.27. The number of benzene rings is 2. The summed E-state index contributed by atoms with van der Waals surface area (Å²) in [6, 6.07) is 18.0. The molecule has 2 aromatic heterocycles. The van der Waals surface area contributed by atoms with E-state index in [-0.39, 0.29) is 12.0 Å². The molecule has 0 aliphatic rings. The Morgan fingerprint density at radius 1 is 1.06 bits per heavy atom. The third-order valence-electron chi connectivity index (χ3n) is 4.97. The van der Waals surface area contributed by atoms with E-state index in [4.69, 9.17) is 9.15 Å². The van der Waals surface area contributed by atoms with Gasteiger partial charge in [0.05, 0.1) is 16.9 Å². The zero-order valence-electron chi connectivity index (χ0n) is 18.6. The minimum atomic E-state index is -0.731. The molecule has 1 amide bonds. The van der Waals surface area contributed by atoms with E-state index in [0.29, 0.717) is 16.9 Å². The maximum Gasteiger partial charge on any atom is 0.420 e. The second-order valence-electron chi connectivity index (χ2n) is 8.54. The molecule has 0 saturated heterocycles. The van der Waals surface area contributed by atoms with Crippen LogP contribution in [-0.4, -0.2) is 32.8 Å². The maximum absolute atomic E-state index is 12.5. The fourth-order valence-electron chi connectivity index (χ4n) is 3.27. The van der Waals surface area contributed by atoms with Gasteiger partial charge in [0, 0.05) is 11.5 Å². The molecule has 1 N–H and O–H groups in total. The lowest BCUT2D eigenvalue weighted by Crippen LogP contribution is -2.26. The predicted octanol–water partition coefficient (Wildman–Crippen LogP) is 3.26. The number of fused-ring (bicyclic) bond motifs is 1. The zero-order valence-corrected chi connectivity index (χ0v) is 18.6. The molecule has 33 heavy (non-hydrogen) atoms. The van der Waals surface area contributed by atoms with Gasteiger partial charge in [0.2, 0.25) is 0 Å². The van der Waals surface area contributed by atoms with Crippen LogP contribution in [0.15, 0.2) is 69.9 Å². The van der Waals surface area contributed by atoms with Crippen molar-refractivity contribution in [2.45, 2.75) is 32.7 Å². The van der Waals surface area contributed by atoms with Gasteiger partial charge in [-0.3, -0.25) is 14.2 Å². The molecular weight excluding hydrogens is 424 g/mol. The summed E-state index contributed by atoms with van der Waals surface area (Å²) >= 11 is 0. The lowest BCUT2D eigenvalue weighted by molar-refractivity contribution is -0.147. The number of hydrogen-bond acceptors (Lipinski definition) is 6. The van der Waals surface area contributed by atoms with Crippen LogP contribution in [0, 0.1) is 0 Å². The summed E-state index contributed by atoms with van der Waals surface area (Å²) in [5.74, 6) is -1.46. The molecule has 0 saturated carbocycles. The van der Waals surface area contributed by atoms with Gasteiger partial charge in [-0.25, -0.2) is 9.48 Å². The predicted molar refractivity (Wildman–Crippen MR) is 122 cm³/mol. The second kappa shape index (κ2) is 8.78. The fraction of sp³-hybridized carbons (Fsp3) is 0.250. The highest BCUT2D eigenvalue weighted by molar-refractivity contribution is 5.92. The Hall–Kier alpha value is -4.14. The van der Waals surface area contributed by atoms with Crippen molar-refractivity contribution < 1.29 is 18.7 Å². The first-order chi connectivity index (χ1) is 15.7. The van der Waals surface area contributed by atoms with Crippen LogP contribution in [0.25, 0.3) is 16.8 Å². The zero-order chi connectivity index (χ0) is 23.6. The number of nitrogens with zero attached hydrogens (tertiary/aromatic N) is 3. The van der Waals surface area contributed by atoms with Crippen molar-refractivity contribution in [2.75, 3.05) is 11.9 Å². The Balaban J connectivity index is 1.44.